The van der Waals surface area contributed by atoms with Gasteiger partial charge >= 0.3 is 17.9 Å². The van der Waals surface area contributed by atoms with E-state index in [1.54, 1.807) is 0 Å². The van der Waals surface area contributed by atoms with Crippen molar-refractivity contribution in [2.24, 2.45) is 0 Å². The van der Waals surface area contributed by atoms with E-state index in [1.807, 2.05) is 0 Å². The third-order valence-electron chi connectivity index (χ3n) is 13.8. The van der Waals surface area contributed by atoms with Gasteiger partial charge in [-0.25, -0.2) is 0 Å². The van der Waals surface area contributed by atoms with Gasteiger partial charge in [0.05, 0.1) is 0 Å². The molecule has 0 saturated heterocycles. The Bertz CT molecular complexity index is 1230. The molecule has 0 fully saturated rings. The van der Waals surface area contributed by atoms with E-state index in [0.29, 0.717) is 19.3 Å². The predicted molar refractivity (Wildman–Crippen MR) is 307 cm³/mol. The fourth-order valence-corrected chi connectivity index (χ4v) is 9.05. The smallest absolute Gasteiger partial charge is 0.306 e. The quantitative estimate of drug-likeness (QED) is 0.0261. The van der Waals surface area contributed by atoms with Crippen LogP contribution in [0.2, 0.25) is 0 Å². The molecule has 0 N–H and O–H groups in total. The fourth-order valence-electron chi connectivity index (χ4n) is 9.05. The Balaban J connectivity index is 4.35. The average Bonchev–Trinajstić information content (AvgIpc) is 3.37. The number of unbranched alkanes of at least 4 members (excludes halogenated alkanes) is 38. The second-order valence-corrected chi connectivity index (χ2v) is 21.0. The van der Waals surface area contributed by atoms with Gasteiger partial charge in [-0.3, -0.25) is 14.4 Å². The predicted octanol–water partition coefficient (Wildman–Crippen LogP) is 21.0. The minimum Gasteiger partial charge on any atom is -0.462 e. The topological polar surface area (TPSA) is 78.9 Å². The number of hydrogen-bond acceptors (Lipinski definition) is 6. The Labute approximate surface area is 441 Å². The largest absolute Gasteiger partial charge is 0.462 e. The summed E-state index contributed by atoms with van der Waals surface area (Å²) in [7, 11) is 0. The second-order valence-electron chi connectivity index (χ2n) is 21.0. The van der Waals surface area contributed by atoms with Crippen LogP contribution in [0.5, 0.6) is 0 Å². The van der Waals surface area contributed by atoms with Gasteiger partial charge in [-0.15, -0.1) is 0 Å². The summed E-state index contributed by atoms with van der Waals surface area (Å²) in [6, 6.07) is 0. The molecule has 414 valence electrons. The van der Waals surface area contributed by atoms with Crippen molar-refractivity contribution in [2.45, 2.75) is 335 Å². The summed E-state index contributed by atoms with van der Waals surface area (Å²) < 4.78 is 16.9. The zero-order chi connectivity index (χ0) is 51.4. The minimum absolute atomic E-state index is 0.0751. The molecule has 0 unspecified atom stereocenters. The molecule has 0 bridgehead atoms. The average molecular weight is 996 g/mol. The molecular weight excluding hydrogens is 877 g/mol. The number of ether oxygens (including phenoxy) is 3. The highest BCUT2D eigenvalue weighted by Crippen LogP contribution is 2.16. The molecule has 0 heterocycles. The van der Waals surface area contributed by atoms with Crippen molar-refractivity contribution in [3.63, 3.8) is 0 Å². The van der Waals surface area contributed by atoms with Gasteiger partial charge in [-0.1, -0.05) is 256 Å². The van der Waals surface area contributed by atoms with Crippen molar-refractivity contribution in [1.29, 1.82) is 0 Å². The van der Waals surface area contributed by atoms with Crippen LogP contribution in [0.1, 0.15) is 329 Å². The molecule has 0 aromatic heterocycles. The molecule has 71 heavy (non-hydrogen) atoms. The lowest BCUT2D eigenvalue weighted by molar-refractivity contribution is -0.167. The van der Waals surface area contributed by atoms with Gasteiger partial charge < -0.3 is 14.2 Å². The Morgan fingerprint density at radius 3 is 0.831 bits per heavy atom. The highest BCUT2D eigenvalue weighted by molar-refractivity contribution is 5.71. The molecule has 0 aliphatic rings. The number of carbonyl (C=O) groups is 3. The normalized spacial score (nSPS) is 12.3. The van der Waals surface area contributed by atoms with Crippen molar-refractivity contribution in [2.75, 3.05) is 13.2 Å². The van der Waals surface area contributed by atoms with E-state index in [4.69, 9.17) is 14.2 Å². The van der Waals surface area contributed by atoms with Gasteiger partial charge in [0, 0.05) is 19.3 Å². The van der Waals surface area contributed by atoms with E-state index in [2.05, 4.69) is 69.4 Å². The number of carbonyl (C=O) groups excluding carboxylic acids is 3. The summed E-state index contributed by atoms with van der Waals surface area (Å²) >= 11 is 0. The van der Waals surface area contributed by atoms with Gasteiger partial charge in [0.25, 0.3) is 0 Å². The summed E-state index contributed by atoms with van der Waals surface area (Å²) in [5.41, 5.74) is 0. The van der Waals surface area contributed by atoms with Crippen LogP contribution in [0.25, 0.3) is 0 Å². The van der Waals surface area contributed by atoms with E-state index in [-0.39, 0.29) is 31.1 Å². The number of hydrogen-bond donors (Lipinski definition) is 0. The summed E-state index contributed by atoms with van der Waals surface area (Å²) in [4.78, 5) is 38.3. The molecule has 0 aromatic carbocycles. The van der Waals surface area contributed by atoms with E-state index < -0.39 is 6.10 Å². The lowest BCUT2D eigenvalue weighted by Crippen LogP contribution is -2.30. The maximum Gasteiger partial charge on any atom is 0.306 e. The van der Waals surface area contributed by atoms with Gasteiger partial charge in [-0.05, 0) is 103 Å². The molecule has 0 aliphatic carbocycles. The van der Waals surface area contributed by atoms with Crippen LogP contribution < -0.4 is 0 Å². The van der Waals surface area contributed by atoms with Crippen molar-refractivity contribution in [3.8, 4) is 0 Å². The number of allylic oxidation sites excluding steroid dienone is 8. The van der Waals surface area contributed by atoms with Crippen molar-refractivity contribution < 1.29 is 28.6 Å². The summed E-state index contributed by atoms with van der Waals surface area (Å²) in [5, 5.41) is 0. The van der Waals surface area contributed by atoms with Gasteiger partial charge in [0.1, 0.15) is 13.2 Å². The zero-order valence-electron chi connectivity index (χ0n) is 47.5. The van der Waals surface area contributed by atoms with Gasteiger partial charge in [-0.2, -0.15) is 0 Å². The maximum atomic E-state index is 12.9. The molecule has 0 rings (SSSR count). The fraction of sp³-hybridized carbons (Fsp3) is 0.831. The molecule has 0 radical (unpaired) electrons. The lowest BCUT2D eigenvalue weighted by atomic mass is 10.1. The first kappa shape index (κ1) is 68.4. The molecule has 1 atom stereocenters. The summed E-state index contributed by atoms with van der Waals surface area (Å²) in [6.45, 7) is 6.63. The molecule has 0 saturated carbocycles. The van der Waals surface area contributed by atoms with Crippen LogP contribution in [0.15, 0.2) is 48.6 Å². The first-order valence-electron chi connectivity index (χ1n) is 31.1. The maximum absolute atomic E-state index is 12.9. The second kappa shape index (κ2) is 59.9. The molecule has 0 amide bonds. The van der Waals surface area contributed by atoms with E-state index in [0.717, 1.165) is 64.2 Å². The van der Waals surface area contributed by atoms with Crippen LogP contribution in [0.3, 0.4) is 0 Å². The third kappa shape index (κ3) is 58.1. The highest BCUT2D eigenvalue weighted by atomic mass is 16.6. The SMILES string of the molecule is CCCCC/C=C\C/C=C\CCCCCCCCCCCC(=O)O[C@@H](COC(=O)CCCCCCCCC/C=C\CCCCCC)COC(=O)CCCCCCCCCCC/C=C\CCCCCCCC. The van der Waals surface area contributed by atoms with Gasteiger partial charge in [0.15, 0.2) is 6.10 Å². The van der Waals surface area contributed by atoms with Crippen LogP contribution in [-0.2, 0) is 28.6 Å². The van der Waals surface area contributed by atoms with Crippen molar-refractivity contribution in [1.82, 2.24) is 0 Å². The Hall–Kier alpha value is -2.63. The summed E-state index contributed by atoms with van der Waals surface area (Å²) in [5.74, 6) is -0.868. The molecular formula is C65H118O6. The van der Waals surface area contributed by atoms with E-state index >= 15 is 0 Å². The Morgan fingerprint density at radius 2 is 0.507 bits per heavy atom. The number of rotatable bonds is 57. The standard InChI is InChI=1S/C65H118O6/c1-4-7-10-13-16-19-22-25-28-30-32-34-37-40-43-46-49-52-55-58-64(67)70-61-62(60-69-63(66)57-54-51-48-45-42-39-36-27-24-21-18-15-12-9-6-3)71-65(68)59-56-53-50-47-44-41-38-35-33-31-29-26-23-20-17-14-11-8-5-2/h17,20-21,24-26,28-29,62H,4-16,18-19,22-23,27,30-61H2,1-3H3/b20-17-,24-21-,28-25-,29-26-/t62-/m0/s1. The molecule has 0 aromatic rings. The third-order valence-corrected chi connectivity index (χ3v) is 13.8. The van der Waals surface area contributed by atoms with Crippen LogP contribution in [0, 0.1) is 0 Å². The van der Waals surface area contributed by atoms with Crippen LogP contribution in [0.4, 0.5) is 0 Å². The van der Waals surface area contributed by atoms with E-state index in [9.17, 15) is 14.4 Å². The van der Waals surface area contributed by atoms with Crippen molar-refractivity contribution in [3.05, 3.63) is 48.6 Å². The van der Waals surface area contributed by atoms with Crippen molar-refractivity contribution >= 4 is 17.9 Å². The lowest BCUT2D eigenvalue weighted by Gasteiger charge is -2.18. The van der Waals surface area contributed by atoms with Gasteiger partial charge in [0.2, 0.25) is 0 Å². The molecule has 0 spiro atoms. The van der Waals surface area contributed by atoms with E-state index in [1.165, 1.54) is 225 Å². The summed E-state index contributed by atoms with van der Waals surface area (Å²) in [6.07, 6.45) is 73.9. The molecule has 6 heteroatoms. The molecule has 6 nitrogen and oxygen atoms in total. The highest BCUT2D eigenvalue weighted by Gasteiger charge is 2.19. The Morgan fingerprint density at radius 1 is 0.282 bits per heavy atom. The minimum atomic E-state index is -0.778. The first-order chi connectivity index (χ1) is 35.0. The van der Waals surface area contributed by atoms with Crippen LogP contribution >= 0.6 is 0 Å². The monoisotopic (exact) mass is 995 g/mol. The van der Waals surface area contributed by atoms with Crippen LogP contribution in [-0.4, -0.2) is 37.2 Å². The number of esters is 3. The Kier molecular flexibility index (Phi) is 57.7. The molecule has 0 aliphatic heterocycles. The first-order valence-corrected chi connectivity index (χ1v) is 31.1. The zero-order valence-corrected chi connectivity index (χ0v) is 47.5.